The van der Waals surface area contributed by atoms with Crippen LogP contribution in [-0.4, -0.2) is 26.6 Å². The Kier molecular flexibility index (Phi) is 6.02. The van der Waals surface area contributed by atoms with Crippen molar-refractivity contribution in [2.24, 2.45) is 0 Å². The Morgan fingerprint density at radius 1 is 1.15 bits per heavy atom. The molecule has 2 aromatic carbocycles. The molecule has 0 aromatic heterocycles. The van der Waals surface area contributed by atoms with Gasteiger partial charge in [0, 0.05) is 0 Å². The lowest BCUT2D eigenvalue weighted by molar-refractivity contribution is -0.117. The second-order valence-corrected chi connectivity index (χ2v) is 8.08. The summed E-state index contributed by atoms with van der Waals surface area (Å²) in [6, 6.07) is 9.99. The van der Waals surface area contributed by atoms with Crippen LogP contribution < -0.4 is 9.62 Å². The first kappa shape index (κ1) is 19.9. The van der Waals surface area contributed by atoms with Gasteiger partial charge in [-0.05, 0) is 55.7 Å². The van der Waals surface area contributed by atoms with Crippen LogP contribution in [0.2, 0.25) is 0 Å². The Hall–Kier alpha value is -2.41. The highest BCUT2D eigenvalue weighted by molar-refractivity contribution is 7.92. The zero-order chi connectivity index (χ0) is 19.5. The molecule has 140 valence electrons. The summed E-state index contributed by atoms with van der Waals surface area (Å²) in [6.07, 6.45) is 1.29. The minimum Gasteiger partial charge on any atom is -0.322 e. The first-order valence-corrected chi connectivity index (χ1v) is 10.1. The fraction of sp³-hybridized carbons (Fsp3) is 0.316. The molecule has 0 bridgehead atoms. The maximum atomic E-state index is 13.8. The number of nitrogens with one attached hydrogen (secondary N) is 1. The lowest BCUT2D eigenvalue weighted by atomic mass is 10.1. The molecule has 0 heterocycles. The van der Waals surface area contributed by atoms with E-state index in [0.29, 0.717) is 5.69 Å². The van der Waals surface area contributed by atoms with Crippen LogP contribution in [0.5, 0.6) is 0 Å². The minimum atomic E-state index is -3.73. The number of anilines is 2. The summed E-state index contributed by atoms with van der Waals surface area (Å²) in [4.78, 5) is 12.7. The molecule has 0 radical (unpaired) electrons. The summed E-state index contributed by atoms with van der Waals surface area (Å²) in [5, 5.41) is 2.49. The predicted octanol–water partition coefficient (Wildman–Crippen LogP) is 3.63. The van der Waals surface area contributed by atoms with Crippen molar-refractivity contribution in [2.45, 2.75) is 33.2 Å². The Morgan fingerprint density at radius 2 is 1.81 bits per heavy atom. The minimum absolute atomic E-state index is 0.0180. The molecule has 1 N–H and O–H groups in total. The van der Waals surface area contributed by atoms with Crippen LogP contribution in [0, 0.1) is 19.7 Å². The van der Waals surface area contributed by atoms with Gasteiger partial charge in [-0.1, -0.05) is 25.1 Å². The number of carbonyl (C=O) groups is 1. The topological polar surface area (TPSA) is 66.5 Å². The average Bonchev–Trinajstić information content (AvgIpc) is 2.56. The van der Waals surface area contributed by atoms with E-state index in [4.69, 9.17) is 0 Å². The first-order chi connectivity index (χ1) is 12.1. The summed E-state index contributed by atoms with van der Waals surface area (Å²) in [6.45, 7) is 5.51. The zero-order valence-corrected chi connectivity index (χ0v) is 16.1. The van der Waals surface area contributed by atoms with Crippen LogP contribution in [0.1, 0.15) is 24.5 Å². The number of hydrogen-bond acceptors (Lipinski definition) is 3. The number of carbonyl (C=O) groups excluding carboxylic acids is 1. The van der Waals surface area contributed by atoms with Gasteiger partial charge in [-0.2, -0.15) is 0 Å². The van der Waals surface area contributed by atoms with Gasteiger partial charge in [0.25, 0.3) is 0 Å². The van der Waals surface area contributed by atoms with Crippen LogP contribution in [0.3, 0.4) is 0 Å². The zero-order valence-electron chi connectivity index (χ0n) is 15.3. The number of halogens is 1. The Balaban J connectivity index is 2.43. The van der Waals surface area contributed by atoms with Gasteiger partial charge in [-0.3, -0.25) is 9.10 Å². The summed E-state index contributed by atoms with van der Waals surface area (Å²) >= 11 is 0. The van der Waals surface area contributed by atoms with E-state index in [1.807, 2.05) is 19.9 Å². The molecule has 1 atom stereocenters. The predicted molar refractivity (Wildman–Crippen MR) is 102 cm³/mol. The second kappa shape index (κ2) is 7.86. The van der Waals surface area contributed by atoms with Gasteiger partial charge in [0.15, 0.2) is 0 Å². The van der Waals surface area contributed by atoms with Crippen molar-refractivity contribution in [3.8, 4) is 0 Å². The van der Waals surface area contributed by atoms with E-state index in [-0.39, 0.29) is 12.1 Å². The molecular formula is C19H23FN2O3S. The molecule has 0 unspecified atom stereocenters. The van der Waals surface area contributed by atoms with Gasteiger partial charge in [0.2, 0.25) is 15.9 Å². The number of aryl methyl sites for hydroxylation is 2. The van der Waals surface area contributed by atoms with E-state index in [1.54, 1.807) is 25.1 Å². The standard InChI is InChI=1S/C19H23FN2O3S/c1-5-18(19(23)21-17-9-7-6-8-16(17)20)22(26(4,24)25)15-11-10-13(2)14(3)12-15/h6-12,18H,5H2,1-4H3,(H,21,23)/t18-/m1/s1. The van der Waals surface area contributed by atoms with Gasteiger partial charge >= 0.3 is 0 Å². The van der Waals surface area contributed by atoms with E-state index >= 15 is 0 Å². The average molecular weight is 378 g/mol. The number of hydrogen-bond donors (Lipinski definition) is 1. The van der Waals surface area contributed by atoms with Crippen molar-refractivity contribution >= 4 is 27.3 Å². The lowest BCUT2D eigenvalue weighted by Gasteiger charge is -2.30. The van der Waals surface area contributed by atoms with Crippen molar-refractivity contribution in [3.05, 3.63) is 59.4 Å². The van der Waals surface area contributed by atoms with E-state index in [0.717, 1.165) is 21.7 Å². The van der Waals surface area contributed by atoms with Crippen molar-refractivity contribution in [1.29, 1.82) is 0 Å². The molecule has 2 rings (SSSR count). The largest absolute Gasteiger partial charge is 0.322 e. The van der Waals surface area contributed by atoms with Crippen LogP contribution in [-0.2, 0) is 14.8 Å². The summed E-state index contributed by atoms with van der Waals surface area (Å²) < 4.78 is 39.8. The number of para-hydroxylation sites is 1. The van der Waals surface area contributed by atoms with Gasteiger partial charge < -0.3 is 5.32 Å². The van der Waals surface area contributed by atoms with Crippen molar-refractivity contribution in [2.75, 3.05) is 15.9 Å². The number of sulfonamides is 1. The second-order valence-electron chi connectivity index (χ2n) is 6.22. The van der Waals surface area contributed by atoms with E-state index in [1.165, 1.54) is 18.2 Å². The normalized spacial score (nSPS) is 12.5. The summed E-state index contributed by atoms with van der Waals surface area (Å²) in [5.41, 5.74) is 2.36. The third-order valence-corrected chi connectivity index (χ3v) is 5.39. The molecule has 0 aliphatic carbocycles. The summed E-state index contributed by atoms with van der Waals surface area (Å²) in [7, 11) is -3.73. The SMILES string of the molecule is CC[C@H](C(=O)Nc1ccccc1F)N(c1ccc(C)c(C)c1)S(C)(=O)=O. The van der Waals surface area contributed by atoms with E-state index in [2.05, 4.69) is 5.32 Å². The van der Waals surface area contributed by atoms with Gasteiger partial charge in [-0.15, -0.1) is 0 Å². The first-order valence-electron chi connectivity index (χ1n) is 8.27. The fourth-order valence-electron chi connectivity index (χ4n) is 2.70. The highest BCUT2D eigenvalue weighted by Gasteiger charge is 2.32. The third kappa shape index (κ3) is 4.40. The number of rotatable bonds is 6. The van der Waals surface area contributed by atoms with E-state index in [9.17, 15) is 17.6 Å². The Bertz CT molecular complexity index is 913. The smallest absolute Gasteiger partial charge is 0.248 e. The van der Waals surface area contributed by atoms with E-state index < -0.39 is 27.8 Å². The molecule has 26 heavy (non-hydrogen) atoms. The van der Waals surface area contributed by atoms with Crippen molar-refractivity contribution < 1.29 is 17.6 Å². The van der Waals surface area contributed by atoms with Crippen LogP contribution in [0.4, 0.5) is 15.8 Å². The maximum absolute atomic E-state index is 13.8. The molecule has 5 nitrogen and oxygen atoms in total. The third-order valence-electron chi connectivity index (χ3n) is 4.21. The molecule has 0 saturated carbocycles. The lowest BCUT2D eigenvalue weighted by Crippen LogP contribution is -2.47. The Morgan fingerprint density at radius 3 is 2.35 bits per heavy atom. The molecule has 1 amide bonds. The number of amides is 1. The maximum Gasteiger partial charge on any atom is 0.248 e. The van der Waals surface area contributed by atoms with Crippen LogP contribution in [0.15, 0.2) is 42.5 Å². The molecule has 0 aliphatic heterocycles. The fourth-order valence-corrected chi connectivity index (χ4v) is 3.91. The number of nitrogens with zero attached hydrogens (tertiary/aromatic N) is 1. The van der Waals surface area contributed by atoms with Crippen LogP contribution in [0.25, 0.3) is 0 Å². The molecule has 0 saturated heterocycles. The molecule has 0 aliphatic rings. The van der Waals surface area contributed by atoms with Gasteiger partial charge in [-0.25, -0.2) is 12.8 Å². The molecule has 7 heteroatoms. The number of benzene rings is 2. The summed E-state index contributed by atoms with van der Waals surface area (Å²) in [5.74, 6) is -1.16. The van der Waals surface area contributed by atoms with Gasteiger partial charge in [0.05, 0.1) is 17.6 Å². The van der Waals surface area contributed by atoms with Crippen molar-refractivity contribution in [1.82, 2.24) is 0 Å². The highest BCUT2D eigenvalue weighted by Crippen LogP contribution is 2.26. The Labute approximate surface area is 153 Å². The van der Waals surface area contributed by atoms with Crippen LogP contribution >= 0.6 is 0 Å². The van der Waals surface area contributed by atoms with Crippen molar-refractivity contribution in [3.63, 3.8) is 0 Å². The molecule has 0 fully saturated rings. The molecule has 0 spiro atoms. The monoisotopic (exact) mass is 378 g/mol. The highest BCUT2D eigenvalue weighted by atomic mass is 32.2. The quantitative estimate of drug-likeness (QED) is 0.835. The molecular weight excluding hydrogens is 355 g/mol. The van der Waals surface area contributed by atoms with Gasteiger partial charge in [0.1, 0.15) is 11.9 Å². The molecule has 2 aromatic rings.